The molecule has 0 saturated carbocycles. The van der Waals surface area contributed by atoms with Crippen LogP contribution in [0.1, 0.15) is 47.3 Å². The van der Waals surface area contributed by atoms with Gasteiger partial charge in [0.05, 0.1) is 13.2 Å². The maximum absolute atomic E-state index is 12.9. The Morgan fingerprint density at radius 1 is 1.18 bits per heavy atom. The molecular formula is C29H39N5O4. The van der Waals surface area contributed by atoms with E-state index < -0.39 is 12.0 Å². The average molecular weight is 522 g/mol. The predicted molar refractivity (Wildman–Crippen MR) is 147 cm³/mol. The highest BCUT2D eigenvalue weighted by atomic mass is 16.5. The lowest BCUT2D eigenvalue weighted by molar-refractivity contribution is -0.139. The Hall–Kier alpha value is -3.17. The fourth-order valence-corrected chi connectivity index (χ4v) is 5.69. The highest BCUT2D eigenvalue weighted by Crippen LogP contribution is 2.24. The monoisotopic (exact) mass is 521 g/mol. The van der Waals surface area contributed by atoms with Crippen molar-refractivity contribution in [2.24, 2.45) is 5.92 Å². The van der Waals surface area contributed by atoms with Crippen molar-refractivity contribution in [1.29, 1.82) is 0 Å². The lowest BCUT2D eigenvalue weighted by Gasteiger charge is -2.29. The number of carboxylic acids is 1. The number of likely N-dealkylation sites (tertiary alicyclic amines) is 1. The number of nitrogens with zero attached hydrogens (tertiary/aromatic N) is 3. The first-order valence-electron chi connectivity index (χ1n) is 14.0. The van der Waals surface area contributed by atoms with Gasteiger partial charge in [-0.15, -0.1) is 0 Å². The third-order valence-corrected chi connectivity index (χ3v) is 7.95. The van der Waals surface area contributed by atoms with E-state index in [1.807, 2.05) is 18.2 Å². The second kappa shape index (κ2) is 12.6. The number of benzene rings is 1. The summed E-state index contributed by atoms with van der Waals surface area (Å²) in [5.74, 6) is 0.294. The molecule has 9 nitrogen and oxygen atoms in total. The second-order valence-electron chi connectivity index (χ2n) is 10.6. The summed E-state index contributed by atoms with van der Waals surface area (Å²) in [6, 6.07) is 10.8. The average Bonchev–Trinajstić information content (AvgIpc) is 3.42. The summed E-state index contributed by atoms with van der Waals surface area (Å²) in [7, 11) is 0. The van der Waals surface area contributed by atoms with Gasteiger partial charge in [0.2, 0.25) is 0 Å². The van der Waals surface area contributed by atoms with Crippen LogP contribution in [0.15, 0.2) is 36.4 Å². The standard InChI is InChI=1S/C29H39N5O4/c35-28(23-3-1-5-25(19-23)34-15-17-38-18-16-34)32-26(29(36)37)11-14-33-13-10-21(20-33)6-8-24-9-7-22-4-2-12-30-27(22)31-24/h1,3,5,7,9,19,21,26H,2,4,6,8,10-18,20H2,(H,30,31)(H,32,35)(H,36,37)/t21-,26-/m0/s1. The van der Waals surface area contributed by atoms with Crippen molar-refractivity contribution in [2.75, 3.05) is 62.7 Å². The van der Waals surface area contributed by atoms with Crippen molar-refractivity contribution in [1.82, 2.24) is 15.2 Å². The van der Waals surface area contributed by atoms with Crippen LogP contribution in [0.25, 0.3) is 0 Å². The molecule has 3 N–H and O–H groups in total. The molecule has 0 radical (unpaired) electrons. The van der Waals surface area contributed by atoms with Crippen LogP contribution < -0.4 is 15.5 Å². The molecule has 2 atom stereocenters. The van der Waals surface area contributed by atoms with Crippen molar-refractivity contribution >= 4 is 23.4 Å². The van der Waals surface area contributed by atoms with Crippen LogP contribution in [0.2, 0.25) is 0 Å². The van der Waals surface area contributed by atoms with Crippen LogP contribution >= 0.6 is 0 Å². The van der Waals surface area contributed by atoms with Crippen molar-refractivity contribution in [2.45, 2.75) is 44.6 Å². The molecule has 1 amide bonds. The third kappa shape index (κ3) is 6.82. The molecule has 4 heterocycles. The van der Waals surface area contributed by atoms with Gasteiger partial charge in [-0.1, -0.05) is 12.1 Å². The SMILES string of the molecule is O=C(N[C@@H](CCN1CC[C@H](CCc2ccc3c(n2)NCCC3)C1)C(=O)O)c1cccc(N2CCOCC2)c1. The lowest BCUT2D eigenvalue weighted by Crippen LogP contribution is -2.43. The van der Waals surface area contributed by atoms with Crippen molar-refractivity contribution in [3.63, 3.8) is 0 Å². The zero-order chi connectivity index (χ0) is 26.3. The Balaban J connectivity index is 1.08. The number of amides is 1. The molecule has 2 saturated heterocycles. The van der Waals surface area contributed by atoms with Gasteiger partial charge >= 0.3 is 5.97 Å². The second-order valence-corrected chi connectivity index (χ2v) is 10.6. The number of aromatic nitrogens is 1. The number of carbonyl (C=O) groups is 2. The predicted octanol–water partition coefficient (Wildman–Crippen LogP) is 2.80. The summed E-state index contributed by atoms with van der Waals surface area (Å²) in [6.45, 7) is 6.47. The molecule has 0 bridgehead atoms. The number of hydrogen-bond donors (Lipinski definition) is 3. The molecule has 0 unspecified atom stereocenters. The molecule has 0 spiro atoms. The first-order valence-corrected chi connectivity index (χ1v) is 14.0. The van der Waals surface area contributed by atoms with Gasteiger partial charge in [0.1, 0.15) is 11.9 Å². The van der Waals surface area contributed by atoms with Crippen LogP contribution in [0, 0.1) is 5.92 Å². The van der Waals surface area contributed by atoms with E-state index in [2.05, 4.69) is 32.6 Å². The molecule has 3 aliphatic heterocycles. The molecule has 3 aliphatic rings. The van der Waals surface area contributed by atoms with Crippen molar-refractivity contribution < 1.29 is 19.4 Å². The molecule has 2 fully saturated rings. The minimum Gasteiger partial charge on any atom is -0.480 e. The minimum absolute atomic E-state index is 0.348. The van der Waals surface area contributed by atoms with Gasteiger partial charge in [0, 0.05) is 49.7 Å². The summed E-state index contributed by atoms with van der Waals surface area (Å²) < 4.78 is 5.41. The largest absolute Gasteiger partial charge is 0.480 e. The van der Waals surface area contributed by atoms with Gasteiger partial charge in [-0.2, -0.15) is 0 Å². The fourth-order valence-electron chi connectivity index (χ4n) is 5.69. The van der Waals surface area contributed by atoms with E-state index in [1.54, 1.807) is 6.07 Å². The number of carboxylic acid groups (broad SMARTS) is 1. The summed E-state index contributed by atoms with van der Waals surface area (Å²) in [4.78, 5) is 34.2. The van der Waals surface area contributed by atoms with E-state index in [4.69, 9.17) is 9.72 Å². The molecule has 2 aromatic rings. The zero-order valence-corrected chi connectivity index (χ0v) is 22.0. The topological polar surface area (TPSA) is 107 Å². The van der Waals surface area contributed by atoms with E-state index in [0.717, 1.165) is 75.6 Å². The summed E-state index contributed by atoms with van der Waals surface area (Å²) in [5, 5.41) is 15.9. The Labute approximate surface area is 224 Å². The highest BCUT2D eigenvalue weighted by molar-refractivity contribution is 5.97. The van der Waals surface area contributed by atoms with E-state index in [-0.39, 0.29) is 5.91 Å². The summed E-state index contributed by atoms with van der Waals surface area (Å²) >= 11 is 0. The molecule has 1 aromatic carbocycles. The number of aryl methyl sites for hydroxylation is 2. The van der Waals surface area contributed by atoms with Gasteiger partial charge in [0.25, 0.3) is 5.91 Å². The Bertz CT molecular complexity index is 1120. The quantitative estimate of drug-likeness (QED) is 0.438. The molecule has 9 heteroatoms. The van der Waals surface area contributed by atoms with E-state index in [0.29, 0.717) is 37.7 Å². The third-order valence-electron chi connectivity index (χ3n) is 7.95. The van der Waals surface area contributed by atoms with Crippen molar-refractivity contribution in [3.05, 3.63) is 53.2 Å². The number of carbonyl (C=O) groups excluding carboxylic acids is 1. The lowest BCUT2D eigenvalue weighted by atomic mass is 10.00. The van der Waals surface area contributed by atoms with Gasteiger partial charge in [-0.3, -0.25) is 4.79 Å². The van der Waals surface area contributed by atoms with E-state index in [1.165, 1.54) is 12.0 Å². The van der Waals surface area contributed by atoms with Gasteiger partial charge in [-0.25, -0.2) is 9.78 Å². The van der Waals surface area contributed by atoms with E-state index in [9.17, 15) is 14.7 Å². The number of ether oxygens (including phenoxy) is 1. The van der Waals surface area contributed by atoms with Crippen LogP contribution in [0.3, 0.4) is 0 Å². The number of fused-ring (bicyclic) bond motifs is 1. The van der Waals surface area contributed by atoms with Gasteiger partial charge < -0.3 is 30.3 Å². The molecular weight excluding hydrogens is 482 g/mol. The first kappa shape index (κ1) is 26.4. The van der Waals surface area contributed by atoms with Crippen LogP contribution in [0.4, 0.5) is 11.5 Å². The fraction of sp³-hybridized carbons (Fsp3) is 0.552. The molecule has 0 aliphatic carbocycles. The number of pyridine rings is 1. The van der Waals surface area contributed by atoms with Crippen LogP contribution in [-0.4, -0.2) is 85.4 Å². The Morgan fingerprint density at radius 2 is 2.05 bits per heavy atom. The van der Waals surface area contributed by atoms with Gasteiger partial charge in [-0.05, 0) is 80.8 Å². The number of morpholine rings is 1. The first-order chi connectivity index (χ1) is 18.5. The number of hydrogen-bond acceptors (Lipinski definition) is 7. The van der Waals surface area contributed by atoms with Crippen molar-refractivity contribution in [3.8, 4) is 0 Å². The van der Waals surface area contributed by atoms with E-state index >= 15 is 0 Å². The summed E-state index contributed by atoms with van der Waals surface area (Å²) in [6.07, 6.45) is 5.81. The Kier molecular flexibility index (Phi) is 8.75. The van der Waals surface area contributed by atoms with Crippen LogP contribution in [0.5, 0.6) is 0 Å². The molecule has 204 valence electrons. The minimum atomic E-state index is -0.995. The normalized spacial score (nSPS) is 20.4. The molecule has 38 heavy (non-hydrogen) atoms. The Morgan fingerprint density at radius 3 is 2.89 bits per heavy atom. The maximum atomic E-state index is 12.9. The maximum Gasteiger partial charge on any atom is 0.326 e. The number of anilines is 2. The number of rotatable bonds is 10. The molecule has 1 aromatic heterocycles. The van der Waals surface area contributed by atoms with Crippen LogP contribution in [-0.2, 0) is 22.4 Å². The molecule has 5 rings (SSSR count). The number of nitrogens with one attached hydrogen (secondary N) is 2. The smallest absolute Gasteiger partial charge is 0.326 e. The van der Waals surface area contributed by atoms with Gasteiger partial charge in [0.15, 0.2) is 0 Å². The highest BCUT2D eigenvalue weighted by Gasteiger charge is 2.26. The summed E-state index contributed by atoms with van der Waals surface area (Å²) in [5.41, 5.74) is 3.89. The number of aliphatic carboxylic acids is 1. The zero-order valence-electron chi connectivity index (χ0n) is 22.0.